The lowest BCUT2D eigenvalue weighted by molar-refractivity contribution is -0.122. The van der Waals surface area contributed by atoms with Gasteiger partial charge in [-0.1, -0.05) is 48.0 Å². The fraction of sp³-hybridized carbons (Fsp3) is 0.100. The average Bonchev–Trinajstić information content (AvgIpc) is 2.64. The van der Waals surface area contributed by atoms with Gasteiger partial charge >= 0.3 is 0 Å². The maximum absolute atomic E-state index is 12.4. The lowest BCUT2D eigenvalue weighted by atomic mass is 10.1. The highest BCUT2D eigenvalue weighted by Gasteiger charge is 2.17. The van der Waals surface area contributed by atoms with Crippen molar-refractivity contribution < 1.29 is 9.53 Å². The first kappa shape index (κ1) is 16.8. The fourth-order valence-electron chi connectivity index (χ4n) is 2.51. The van der Waals surface area contributed by atoms with Gasteiger partial charge in [0.2, 0.25) is 0 Å². The Balaban J connectivity index is 1.81. The van der Waals surface area contributed by atoms with Crippen LogP contribution in [0.2, 0.25) is 5.02 Å². The van der Waals surface area contributed by atoms with Gasteiger partial charge in [0.1, 0.15) is 11.8 Å². The third kappa shape index (κ3) is 3.57. The Morgan fingerprint density at radius 2 is 1.76 bits per heavy atom. The molecule has 0 spiro atoms. The summed E-state index contributed by atoms with van der Waals surface area (Å²) in [6.45, 7) is 1.66. The molecular formula is C20H15ClN2O2. The lowest BCUT2D eigenvalue weighted by Gasteiger charge is -2.17. The summed E-state index contributed by atoms with van der Waals surface area (Å²) >= 11 is 6.20. The van der Waals surface area contributed by atoms with Crippen molar-refractivity contribution in [2.24, 2.45) is 0 Å². The van der Waals surface area contributed by atoms with Crippen molar-refractivity contribution in [1.29, 1.82) is 5.26 Å². The molecule has 0 radical (unpaired) electrons. The lowest BCUT2D eigenvalue weighted by Crippen LogP contribution is -2.30. The number of nitrogens with zero attached hydrogens (tertiary/aromatic N) is 1. The zero-order valence-electron chi connectivity index (χ0n) is 13.5. The molecule has 124 valence electrons. The number of nitriles is 1. The Kier molecular flexibility index (Phi) is 4.87. The van der Waals surface area contributed by atoms with E-state index in [2.05, 4.69) is 5.32 Å². The van der Waals surface area contributed by atoms with Crippen LogP contribution in [0.25, 0.3) is 10.8 Å². The van der Waals surface area contributed by atoms with Crippen LogP contribution < -0.4 is 10.1 Å². The quantitative estimate of drug-likeness (QED) is 0.737. The Morgan fingerprint density at radius 1 is 1.08 bits per heavy atom. The van der Waals surface area contributed by atoms with Crippen LogP contribution in [0, 0.1) is 11.3 Å². The van der Waals surface area contributed by atoms with Crippen LogP contribution in [0.5, 0.6) is 5.75 Å². The van der Waals surface area contributed by atoms with Gasteiger partial charge in [-0.15, -0.1) is 0 Å². The monoisotopic (exact) mass is 350 g/mol. The van der Waals surface area contributed by atoms with E-state index in [4.69, 9.17) is 21.6 Å². The number of benzene rings is 3. The topological polar surface area (TPSA) is 62.1 Å². The highest BCUT2D eigenvalue weighted by Crippen LogP contribution is 2.31. The first-order chi connectivity index (χ1) is 12.1. The number of carbonyl (C=O) groups is 1. The van der Waals surface area contributed by atoms with Crippen molar-refractivity contribution in [3.8, 4) is 11.8 Å². The number of hydrogen-bond acceptors (Lipinski definition) is 3. The fourth-order valence-corrected chi connectivity index (χ4v) is 2.73. The summed E-state index contributed by atoms with van der Waals surface area (Å²) in [7, 11) is 0. The van der Waals surface area contributed by atoms with Crippen molar-refractivity contribution in [3.05, 3.63) is 71.2 Å². The van der Waals surface area contributed by atoms with Crippen LogP contribution in [0.4, 0.5) is 5.69 Å². The maximum atomic E-state index is 12.4. The van der Waals surface area contributed by atoms with Crippen LogP contribution in [0.3, 0.4) is 0 Å². The maximum Gasteiger partial charge on any atom is 0.265 e. The second-order valence-electron chi connectivity index (χ2n) is 5.50. The Hall–Kier alpha value is -3.03. The van der Waals surface area contributed by atoms with Gasteiger partial charge in [-0.2, -0.15) is 5.26 Å². The SMILES string of the molecule is C[C@@H](Oc1ccc(Cl)c2ccccc12)C(=O)Nc1ccccc1C#N. The normalized spacial score (nSPS) is 11.6. The van der Waals surface area contributed by atoms with Crippen LogP contribution in [-0.2, 0) is 4.79 Å². The number of ether oxygens (including phenoxy) is 1. The van der Waals surface area contributed by atoms with Gasteiger partial charge in [-0.25, -0.2) is 0 Å². The molecule has 4 nitrogen and oxygen atoms in total. The molecule has 3 aromatic carbocycles. The molecule has 1 atom stereocenters. The highest BCUT2D eigenvalue weighted by molar-refractivity contribution is 6.35. The first-order valence-corrected chi connectivity index (χ1v) is 8.12. The molecule has 0 saturated carbocycles. The van der Waals surface area contributed by atoms with Crippen LogP contribution in [-0.4, -0.2) is 12.0 Å². The van der Waals surface area contributed by atoms with E-state index >= 15 is 0 Å². The van der Waals surface area contributed by atoms with Crippen LogP contribution >= 0.6 is 11.6 Å². The van der Waals surface area contributed by atoms with Gasteiger partial charge in [0, 0.05) is 15.8 Å². The van der Waals surface area contributed by atoms with E-state index in [-0.39, 0.29) is 5.91 Å². The summed E-state index contributed by atoms with van der Waals surface area (Å²) in [4.78, 5) is 12.4. The second kappa shape index (κ2) is 7.25. The smallest absolute Gasteiger partial charge is 0.265 e. The van der Waals surface area contributed by atoms with E-state index in [1.807, 2.05) is 30.3 Å². The molecular weight excluding hydrogens is 336 g/mol. The standard InChI is InChI=1S/C20H15ClN2O2/c1-13(20(24)23-18-9-5-2-6-14(18)12-22)25-19-11-10-17(21)15-7-3-4-8-16(15)19/h2-11,13H,1H3,(H,23,24)/t13-/m1/s1. The number of para-hydroxylation sites is 1. The van der Waals surface area contributed by atoms with Crippen molar-refractivity contribution in [2.75, 3.05) is 5.32 Å². The van der Waals surface area contributed by atoms with E-state index in [0.29, 0.717) is 22.0 Å². The molecule has 0 heterocycles. The van der Waals surface area contributed by atoms with Crippen LogP contribution in [0.1, 0.15) is 12.5 Å². The molecule has 25 heavy (non-hydrogen) atoms. The number of anilines is 1. The van der Waals surface area contributed by atoms with E-state index in [1.165, 1.54) is 0 Å². The number of halogens is 1. The number of rotatable bonds is 4. The summed E-state index contributed by atoms with van der Waals surface area (Å²) in [5.74, 6) is 0.248. The molecule has 0 aliphatic rings. The van der Waals surface area contributed by atoms with E-state index < -0.39 is 6.10 Å². The zero-order chi connectivity index (χ0) is 17.8. The molecule has 1 N–H and O–H groups in total. The van der Waals surface area contributed by atoms with E-state index in [1.54, 1.807) is 43.3 Å². The van der Waals surface area contributed by atoms with Crippen molar-refractivity contribution >= 4 is 34.0 Å². The number of nitrogens with one attached hydrogen (secondary N) is 1. The third-order valence-corrected chi connectivity index (χ3v) is 4.14. The van der Waals surface area contributed by atoms with Gasteiger partial charge in [0.25, 0.3) is 5.91 Å². The summed E-state index contributed by atoms with van der Waals surface area (Å²) in [5.41, 5.74) is 0.867. The van der Waals surface area contributed by atoms with Crippen molar-refractivity contribution in [3.63, 3.8) is 0 Å². The average molecular weight is 351 g/mol. The summed E-state index contributed by atoms with van der Waals surface area (Å²) in [6.07, 6.45) is -0.740. The summed E-state index contributed by atoms with van der Waals surface area (Å²) in [5, 5.41) is 14.2. The summed E-state index contributed by atoms with van der Waals surface area (Å²) < 4.78 is 5.84. The van der Waals surface area contributed by atoms with Gasteiger partial charge in [-0.3, -0.25) is 4.79 Å². The Morgan fingerprint density at radius 3 is 2.52 bits per heavy atom. The number of hydrogen-bond donors (Lipinski definition) is 1. The molecule has 0 aromatic heterocycles. The minimum Gasteiger partial charge on any atom is -0.480 e. The third-order valence-electron chi connectivity index (χ3n) is 3.81. The van der Waals surface area contributed by atoms with Gasteiger partial charge in [0.05, 0.1) is 11.3 Å². The minimum atomic E-state index is -0.740. The second-order valence-corrected chi connectivity index (χ2v) is 5.91. The molecule has 3 aromatic rings. The predicted octanol–water partition coefficient (Wildman–Crippen LogP) is 4.77. The first-order valence-electron chi connectivity index (χ1n) is 7.74. The van der Waals surface area contributed by atoms with E-state index in [0.717, 1.165) is 10.8 Å². The molecule has 0 unspecified atom stereocenters. The minimum absolute atomic E-state index is 0.332. The van der Waals surface area contributed by atoms with Gasteiger partial charge in [0.15, 0.2) is 6.10 Å². The van der Waals surface area contributed by atoms with Gasteiger partial charge < -0.3 is 10.1 Å². The molecule has 5 heteroatoms. The number of fused-ring (bicyclic) bond motifs is 1. The Labute approximate surface area is 150 Å². The van der Waals surface area contributed by atoms with Crippen molar-refractivity contribution in [1.82, 2.24) is 0 Å². The highest BCUT2D eigenvalue weighted by atomic mass is 35.5. The molecule has 1 amide bonds. The largest absolute Gasteiger partial charge is 0.480 e. The molecule has 3 rings (SSSR count). The zero-order valence-corrected chi connectivity index (χ0v) is 14.2. The number of carbonyl (C=O) groups excluding carboxylic acids is 1. The molecule has 0 aliphatic heterocycles. The van der Waals surface area contributed by atoms with Crippen molar-refractivity contribution in [2.45, 2.75) is 13.0 Å². The Bertz CT molecular complexity index is 979. The molecule has 0 saturated heterocycles. The molecule has 0 bridgehead atoms. The van der Waals surface area contributed by atoms with Crippen LogP contribution in [0.15, 0.2) is 60.7 Å². The number of amides is 1. The molecule has 0 fully saturated rings. The molecule has 0 aliphatic carbocycles. The summed E-state index contributed by atoms with van der Waals surface area (Å²) in [6, 6.07) is 20.0. The predicted molar refractivity (Wildman–Crippen MR) is 98.8 cm³/mol. The van der Waals surface area contributed by atoms with E-state index in [9.17, 15) is 4.79 Å². The van der Waals surface area contributed by atoms with Gasteiger partial charge in [-0.05, 0) is 31.2 Å².